The molecule has 7 rings (SSSR count). The SMILES string of the molecule is CCCC1OCc2c(CN3CCC[C@H]4CN(c5c(F)cc6c(=O)c(C(=O)O)cn(C7CC7)c6c5OC)C[C@H]43)cnc(C)c2O1. The Hall–Kier alpha value is -3.70. The molecule has 0 amide bonds. The number of ether oxygens (including phenoxy) is 3. The van der Waals surface area contributed by atoms with Gasteiger partial charge in [0.15, 0.2) is 17.9 Å². The average molecular weight is 607 g/mol. The fourth-order valence-electron chi connectivity index (χ4n) is 7.44. The monoisotopic (exact) mass is 606 g/mol. The summed E-state index contributed by atoms with van der Waals surface area (Å²) >= 11 is 0. The zero-order chi connectivity index (χ0) is 30.7. The summed E-state index contributed by atoms with van der Waals surface area (Å²) in [5.41, 5.74) is 2.77. The molecule has 0 bridgehead atoms. The van der Waals surface area contributed by atoms with Crippen LogP contribution < -0.4 is 19.8 Å². The number of carbonyl (C=O) groups is 1. The second-order valence-corrected chi connectivity index (χ2v) is 12.6. The quantitative estimate of drug-likeness (QED) is 0.378. The zero-order valence-electron chi connectivity index (χ0n) is 25.5. The van der Waals surface area contributed by atoms with Crippen molar-refractivity contribution in [3.8, 4) is 11.5 Å². The first-order chi connectivity index (χ1) is 21.3. The smallest absolute Gasteiger partial charge is 0.341 e. The summed E-state index contributed by atoms with van der Waals surface area (Å²) in [6.07, 6.45) is 8.71. The van der Waals surface area contributed by atoms with Crippen LogP contribution >= 0.6 is 0 Å². The van der Waals surface area contributed by atoms with E-state index < -0.39 is 17.2 Å². The highest BCUT2D eigenvalue weighted by Gasteiger charge is 2.42. The summed E-state index contributed by atoms with van der Waals surface area (Å²) in [6, 6.07) is 1.45. The Kier molecular flexibility index (Phi) is 7.48. The molecule has 11 heteroatoms. The summed E-state index contributed by atoms with van der Waals surface area (Å²) in [4.78, 5) is 34.2. The van der Waals surface area contributed by atoms with Gasteiger partial charge in [-0.05, 0) is 56.7 Å². The van der Waals surface area contributed by atoms with E-state index in [0.717, 1.165) is 67.6 Å². The number of methoxy groups -OCH3 is 1. The van der Waals surface area contributed by atoms with Gasteiger partial charge >= 0.3 is 5.97 Å². The van der Waals surface area contributed by atoms with E-state index in [1.807, 2.05) is 13.1 Å². The molecule has 1 aromatic carbocycles. The predicted molar refractivity (Wildman–Crippen MR) is 162 cm³/mol. The van der Waals surface area contributed by atoms with E-state index in [2.05, 4.69) is 21.7 Å². The number of hydrogen-bond donors (Lipinski definition) is 1. The standard InChI is InChI=1S/C33H39FN4O6/c1-4-6-27-43-17-24-20(12-35-18(2)31(24)44-27)14-36-10-5-7-19-13-37(16-26(19)36)29-25(34)11-22-28(32(29)42-3)38(21-8-9-21)15-23(30(22)39)33(40)41/h11-12,15,19,21,26-27H,4-10,13-14,16-17H2,1-3H3,(H,40,41)/t19-,26+,27?/m0/s1. The number of benzene rings is 1. The molecule has 3 atom stereocenters. The lowest BCUT2D eigenvalue weighted by molar-refractivity contribution is -0.112. The highest BCUT2D eigenvalue weighted by Crippen LogP contribution is 2.46. The van der Waals surface area contributed by atoms with E-state index in [9.17, 15) is 14.7 Å². The number of aromatic nitrogens is 2. The number of pyridine rings is 2. The topological polar surface area (TPSA) is 106 Å². The maximum Gasteiger partial charge on any atom is 0.341 e. The second-order valence-electron chi connectivity index (χ2n) is 12.6. The minimum atomic E-state index is -1.32. The predicted octanol–water partition coefficient (Wildman–Crippen LogP) is 5.02. The minimum absolute atomic E-state index is 0.0374. The van der Waals surface area contributed by atoms with Gasteiger partial charge in [0, 0.05) is 56.1 Å². The van der Waals surface area contributed by atoms with Gasteiger partial charge in [0.05, 0.1) is 30.3 Å². The molecule has 2 saturated heterocycles. The number of anilines is 1. The first kappa shape index (κ1) is 29.0. The van der Waals surface area contributed by atoms with Crippen LogP contribution in [0.15, 0.2) is 23.3 Å². The Morgan fingerprint density at radius 1 is 1.25 bits per heavy atom. The van der Waals surface area contributed by atoms with Gasteiger partial charge in [-0.15, -0.1) is 0 Å². The summed E-state index contributed by atoms with van der Waals surface area (Å²) in [5, 5.41) is 9.70. The molecule has 0 spiro atoms. The van der Waals surface area contributed by atoms with Crippen molar-refractivity contribution in [2.45, 2.75) is 83.9 Å². The summed E-state index contributed by atoms with van der Waals surface area (Å²) < 4.78 is 36.0. The molecule has 5 heterocycles. The molecule has 3 aliphatic heterocycles. The summed E-state index contributed by atoms with van der Waals surface area (Å²) in [5.74, 6) is -0.431. The summed E-state index contributed by atoms with van der Waals surface area (Å²) in [7, 11) is 1.49. The average Bonchev–Trinajstić information content (AvgIpc) is 3.76. The van der Waals surface area contributed by atoms with Crippen molar-refractivity contribution >= 4 is 22.6 Å². The van der Waals surface area contributed by atoms with Gasteiger partial charge in [0.1, 0.15) is 17.0 Å². The van der Waals surface area contributed by atoms with Crippen molar-refractivity contribution in [1.29, 1.82) is 0 Å². The van der Waals surface area contributed by atoms with Crippen LogP contribution in [0.3, 0.4) is 0 Å². The van der Waals surface area contributed by atoms with E-state index in [4.69, 9.17) is 14.2 Å². The van der Waals surface area contributed by atoms with Crippen molar-refractivity contribution in [2.24, 2.45) is 5.92 Å². The van der Waals surface area contributed by atoms with Crippen LogP contribution in [0, 0.1) is 18.7 Å². The molecule has 1 N–H and O–H groups in total. The van der Waals surface area contributed by atoms with Crippen LogP contribution in [-0.4, -0.2) is 64.6 Å². The molecule has 44 heavy (non-hydrogen) atoms. The zero-order valence-corrected chi connectivity index (χ0v) is 25.5. The maximum absolute atomic E-state index is 16.0. The first-order valence-corrected chi connectivity index (χ1v) is 15.7. The minimum Gasteiger partial charge on any atom is -0.492 e. The lowest BCUT2D eigenvalue weighted by atomic mass is 9.91. The molecule has 3 fully saturated rings. The van der Waals surface area contributed by atoms with Crippen LogP contribution in [0.4, 0.5) is 10.1 Å². The number of likely N-dealkylation sites (tertiary alicyclic amines) is 1. The number of halogens is 1. The van der Waals surface area contributed by atoms with E-state index in [0.29, 0.717) is 49.1 Å². The molecule has 1 unspecified atom stereocenters. The van der Waals surface area contributed by atoms with Crippen LogP contribution in [0.1, 0.15) is 78.7 Å². The van der Waals surface area contributed by atoms with E-state index in [1.54, 1.807) is 4.57 Å². The number of aryl methyl sites for hydroxylation is 1. The second kappa shape index (κ2) is 11.3. The van der Waals surface area contributed by atoms with Crippen LogP contribution in [0.2, 0.25) is 0 Å². The maximum atomic E-state index is 16.0. The van der Waals surface area contributed by atoms with E-state index >= 15 is 4.39 Å². The Bertz CT molecular complexity index is 1690. The van der Waals surface area contributed by atoms with Crippen LogP contribution in [-0.2, 0) is 17.9 Å². The fraction of sp³-hybridized carbons (Fsp3) is 0.545. The van der Waals surface area contributed by atoms with Gasteiger partial charge in [-0.1, -0.05) is 13.3 Å². The van der Waals surface area contributed by atoms with Crippen molar-refractivity contribution in [3.05, 3.63) is 56.9 Å². The number of carboxylic acid groups (broad SMARTS) is 1. The molecule has 3 aromatic rings. The van der Waals surface area contributed by atoms with Gasteiger partial charge in [-0.3, -0.25) is 14.7 Å². The number of fused-ring (bicyclic) bond motifs is 3. The van der Waals surface area contributed by atoms with E-state index in [-0.39, 0.29) is 29.3 Å². The van der Waals surface area contributed by atoms with Gasteiger partial charge < -0.3 is 28.8 Å². The molecule has 10 nitrogen and oxygen atoms in total. The lowest BCUT2D eigenvalue weighted by Gasteiger charge is -2.37. The first-order valence-electron chi connectivity index (χ1n) is 15.7. The third-order valence-corrected chi connectivity index (χ3v) is 9.75. The van der Waals surface area contributed by atoms with Crippen LogP contribution in [0.5, 0.6) is 11.5 Å². The fourth-order valence-corrected chi connectivity index (χ4v) is 7.44. The van der Waals surface area contributed by atoms with Crippen molar-refractivity contribution in [3.63, 3.8) is 0 Å². The molecule has 1 saturated carbocycles. The highest BCUT2D eigenvalue weighted by atomic mass is 19.1. The van der Waals surface area contributed by atoms with Gasteiger partial charge in [0.25, 0.3) is 0 Å². The molecular formula is C33H39FN4O6. The van der Waals surface area contributed by atoms with Crippen molar-refractivity contribution in [2.75, 3.05) is 31.6 Å². The van der Waals surface area contributed by atoms with Crippen molar-refractivity contribution < 1.29 is 28.5 Å². The molecule has 2 aromatic heterocycles. The van der Waals surface area contributed by atoms with Crippen molar-refractivity contribution in [1.82, 2.24) is 14.5 Å². The summed E-state index contributed by atoms with van der Waals surface area (Å²) in [6.45, 7) is 7.48. The molecular weight excluding hydrogens is 567 g/mol. The third kappa shape index (κ3) is 4.90. The van der Waals surface area contributed by atoms with Crippen LogP contribution in [0.25, 0.3) is 10.9 Å². The largest absolute Gasteiger partial charge is 0.492 e. The number of rotatable bonds is 8. The lowest BCUT2D eigenvalue weighted by Crippen LogP contribution is -2.44. The number of piperidine rings is 1. The number of aromatic carboxylic acids is 1. The Balaban J connectivity index is 1.21. The number of nitrogens with zero attached hydrogens (tertiary/aromatic N) is 4. The Morgan fingerprint density at radius 3 is 2.80 bits per heavy atom. The number of carboxylic acids is 1. The molecule has 1 aliphatic carbocycles. The Labute approximate surface area is 255 Å². The molecule has 0 radical (unpaired) electrons. The normalized spacial score (nSPS) is 23.4. The van der Waals surface area contributed by atoms with E-state index in [1.165, 1.54) is 19.4 Å². The van der Waals surface area contributed by atoms with Gasteiger partial charge in [-0.25, -0.2) is 9.18 Å². The molecule has 234 valence electrons. The van der Waals surface area contributed by atoms with Gasteiger partial charge in [0.2, 0.25) is 5.43 Å². The van der Waals surface area contributed by atoms with Gasteiger partial charge in [-0.2, -0.15) is 0 Å². The molecule has 4 aliphatic rings. The Morgan fingerprint density at radius 2 is 2.07 bits per heavy atom. The third-order valence-electron chi connectivity index (χ3n) is 9.75. The highest BCUT2D eigenvalue weighted by molar-refractivity contribution is 5.97. The number of hydrogen-bond acceptors (Lipinski definition) is 8.